The third kappa shape index (κ3) is 2.81. The zero-order valence-corrected chi connectivity index (χ0v) is 14.5. The molecule has 0 radical (unpaired) electrons. The van der Waals surface area contributed by atoms with E-state index in [1.165, 1.54) is 0 Å². The third-order valence-electron chi connectivity index (χ3n) is 4.96. The molecule has 2 aliphatic rings. The minimum Gasteiger partial charge on any atom is -0.490 e. The van der Waals surface area contributed by atoms with Gasteiger partial charge in [-0.3, -0.25) is 9.98 Å². The Hall–Kier alpha value is -3.01. The zero-order chi connectivity index (χ0) is 19.2. The monoisotopic (exact) mass is 371 g/mol. The molecule has 2 aliphatic heterocycles. The van der Waals surface area contributed by atoms with Crippen LogP contribution in [0.2, 0.25) is 0 Å². The molecule has 0 saturated carbocycles. The normalized spacial score (nSPS) is 23.4. The van der Waals surface area contributed by atoms with Crippen LogP contribution in [0.15, 0.2) is 41.7 Å². The second-order valence-electron chi connectivity index (χ2n) is 6.66. The number of amidine groups is 1. The summed E-state index contributed by atoms with van der Waals surface area (Å²) >= 11 is 0. The maximum Gasteiger partial charge on any atom is 0.395 e. The lowest BCUT2D eigenvalue weighted by Gasteiger charge is -2.29. The van der Waals surface area contributed by atoms with E-state index in [-0.39, 0.29) is 18.9 Å². The molecule has 138 valence electrons. The van der Waals surface area contributed by atoms with Gasteiger partial charge in [-0.05, 0) is 30.7 Å². The number of aliphatic imine (C=N–C) groups is 1. The number of benzene rings is 1. The standard InChI is InChI=1S/C20H16F3N3O/c1-2-3-12-6-14(10-25-9-12)13-4-5-16-15(7-13)19(11-27-16)17(20(21,22)23)8-18(24)26-19/h4-7,9-10,17H,8,11H2,1H3,(H2,24,26)/t17-,19-/m0/s1. The molecule has 27 heavy (non-hydrogen) atoms. The summed E-state index contributed by atoms with van der Waals surface area (Å²) in [6.45, 7) is 1.55. The molecule has 7 heteroatoms. The first-order valence-electron chi connectivity index (χ1n) is 8.40. The highest BCUT2D eigenvalue weighted by atomic mass is 19.4. The number of halogens is 3. The van der Waals surface area contributed by atoms with Crippen molar-refractivity contribution in [2.75, 3.05) is 6.61 Å². The molecule has 2 aromatic rings. The number of aromatic nitrogens is 1. The van der Waals surface area contributed by atoms with Gasteiger partial charge >= 0.3 is 6.18 Å². The Morgan fingerprint density at radius 3 is 2.78 bits per heavy atom. The average molecular weight is 371 g/mol. The van der Waals surface area contributed by atoms with Crippen molar-refractivity contribution in [2.24, 2.45) is 16.6 Å². The highest BCUT2D eigenvalue weighted by molar-refractivity contribution is 5.84. The molecule has 0 bridgehead atoms. The Morgan fingerprint density at radius 2 is 2.04 bits per heavy atom. The van der Waals surface area contributed by atoms with Crippen LogP contribution in [-0.4, -0.2) is 23.6 Å². The minimum atomic E-state index is -4.43. The molecule has 2 atom stereocenters. The van der Waals surface area contributed by atoms with Crippen molar-refractivity contribution in [3.05, 3.63) is 47.8 Å². The summed E-state index contributed by atoms with van der Waals surface area (Å²) in [5.41, 5.74) is 6.82. The van der Waals surface area contributed by atoms with Crippen LogP contribution in [-0.2, 0) is 5.54 Å². The van der Waals surface area contributed by atoms with Gasteiger partial charge in [-0.15, -0.1) is 5.92 Å². The van der Waals surface area contributed by atoms with Crippen molar-refractivity contribution in [3.8, 4) is 28.7 Å². The fourth-order valence-corrected chi connectivity index (χ4v) is 3.77. The van der Waals surface area contributed by atoms with Crippen molar-refractivity contribution in [3.63, 3.8) is 0 Å². The molecule has 1 spiro atoms. The van der Waals surface area contributed by atoms with Gasteiger partial charge in [0.25, 0.3) is 0 Å². The number of hydrogen-bond donors (Lipinski definition) is 1. The average Bonchev–Trinajstić information content (AvgIpc) is 3.16. The number of ether oxygens (including phenoxy) is 1. The molecule has 4 nitrogen and oxygen atoms in total. The van der Waals surface area contributed by atoms with Gasteiger partial charge in [0.2, 0.25) is 0 Å². The molecule has 3 heterocycles. The lowest BCUT2D eigenvalue weighted by molar-refractivity contribution is -0.189. The number of nitrogens with zero attached hydrogens (tertiary/aromatic N) is 2. The van der Waals surface area contributed by atoms with Crippen molar-refractivity contribution in [1.29, 1.82) is 0 Å². The predicted octanol–water partition coefficient (Wildman–Crippen LogP) is 3.65. The molecule has 2 N–H and O–H groups in total. The highest BCUT2D eigenvalue weighted by Crippen LogP contribution is 2.54. The number of nitrogens with two attached hydrogens (primary N) is 1. The van der Waals surface area contributed by atoms with E-state index in [0.29, 0.717) is 11.3 Å². The molecule has 0 saturated heterocycles. The van der Waals surface area contributed by atoms with Gasteiger partial charge in [0.1, 0.15) is 17.9 Å². The molecular weight excluding hydrogens is 355 g/mol. The van der Waals surface area contributed by atoms with E-state index in [1.807, 2.05) is 6.07 Å². The molecule has 0 fully saturated rings. The Kier molecular flexibility index (Phi) is 3.88. The number of pyridine rings is 1. The largest absolute Gasteiger partial charge is 0.490 e. The summed E-state index contributed by atoms with van der Waals surface area (Å²) in [5.74, 6) is 4.44. The van der Waals surface area contributed by atoms with E-state index < -0.39 is 17.6 Å². The van der Waals surface area contributed by atoms with Gasteiger partial charge in [0, 0.05) is 35.5 Å². The fourth-order valence-electron chi connectivity index (χ4n) is 3.77. The topological polar surface area (TPSA) is 60.5 Å². The van der Waals surface area contributed by atoms with Gasteiger partial charge < -0.3 is 10.5 Å². The van der Waals surface area contributed by atoms with E-state index in [9.17, 15) is 13.2 Å². The van der Waals surface area contributed by atoms with Crippen molar-refractivity contribution >= 4 is 5.84 Å². The number of hydrogen-bond acceptors (Lipinski definition) is 4. The molecule has 1 aromatic heterocycles. The molecule has 0 aliphatic carbocycles. The van der Waals surface area contributed by atoms with Gasteiger partial charge in [-0.25, -0.2) is 0 Å². The van der Waals surface area contributed by atoms with Gasteiger partial charge in [-0.2, -0.15) is 13.2 Å². The van der Waals surface area contributed by atoms with Crippen molar-refractivity contribution in [2.45, 2.75) is 25.1 Å². The maximum absolute atomic E-state index is 13.7. The first-order valence-corrected chi connectivity index (χ1v) is 8.40. The fraction of sp³-hybridized carbons (Fsp3) is 0.300. The van der Waals surface area contributed by atoms with Crippen LogP contribution >= 0.6 is 0 Å². The van der Waals surface area contributed by atoms with Gasteiger partial charge in [0.05, 0.1) is 11.8 Å². The number of alkyl halides is 3. The Labute approximate surface area is 154 Å². The summed E-state index contributed by atoms with van der Waals surface area (Å²) in [5, 5.41) is 0. The molecule has 0 amide bonds. The van der Waals surface area contributed by atoms with Crippen LogP contribution in [0.25, 0.3) is 11.1 Å². The molecule has 0 unspecified atom stereocenters. The quantitative estimate of drug-likeness (QED) is 0.779. The predicted molar refractivity (Wildman–Crippen MR) is 95.2 cm³/mol. The summed E-state index contributed by atoms with van der Waals surface area (Å²) in [4.78, 5) is 8.37. The van der Waals surface area contributed by atoms with Crippen LogP contribution in [0.5, 0.6) is 5.75 Å². The Balaban J connectivity index is 1.83. The van der Waals surface area contributed by atoms with Crippen LogP contribution in [0.1, 0.15) is 24.5 Å². The number of fused-ring (bicyclic) bond motifs is 2. The van der Waals surface area contributed by atoms with Crippen molar-refractivity contribution < 1.29 is 17.9 Å². The van der Waals surface area contributed by atoms with E-state index in [1.54, 1.807) is 37.5 Å². The lowest BCUT2D eigenvalue weighted by atomic mass is 9.79. The van der Waals surface area contributed by atoms with Gasteiger partial charge in [0.15, 0.2) is 0 Å². The lowest BCUT2D eigenvalue weighted by Crippen LogP contribution is -2.41. The van der Waals surface area contributed by atoms with Crippen LogP contribution in [0.4, 0.5) is 13.2 Å². The second kappa shape index (κ2) is 6.02. The first-order chi connectivity index (χ1) is 12.8. The van der Waals surface area contributed by atoms with Gasteiger partial charge in [-0.1, -0.05) is 12.0 Å². The van der Waals surface area contributed by atoms with E-state index >= 15 is 0 Å². The summed E-state index contributed by atoms with van der Waals surface area (Å²) in [6, 6.07) is 7.02. The van der Waals surface area contributed by atoms with E-state index in [0.717, 1.165) is 16.7 Å². The highest BCUT2D eigenvalue weighted by Gasteiger charge is 2.61. The SMILES string of the molecule is CC#Cc1cncc(-c2ccc3c(c2)[C@]2(CO3)N=C(N)C[C@@H]2C(F)(F)F)c1. The molecule has 4 rings (SSSR count). The summed E-state index contributed by atoms with van der Waals surface area (Å²) < 4.78 is 46.6. The Morgan fingerprint density at radius 1 is 1.22 bits per heavy atom. The minimum absolute atomic E-state index is 0.000984. The van der Waals surface area contributed by atoms with Crippen LogP contribution < -0.4 is 10.5 Å². The molecule has 1 aromatic carbocycles. The first kappa shape index (κ1) is 17.4. The summed E-state index contributed by atoms with van der Waals surface area (Å²) in [7, 11) is 0. The second-order valence-corrected chi connectivity index (χ2v) is 6.66. The van der Waals surface area contributed by atoms with E-state index in [4.69, 9.17) is 10.5 Å². The number of rotatable bonds is 1. The van der Waals surface area contributed by atoms with Crippen LogP contribution in [0.3, 0.4) is 0 Å². The van der Waals surface area contributed by atoms with E-state index in [2.05, 4.69) is 21.8 Å². The third-order valence-corrected chi connectivity index (χ3v) is 4.96. The zero-order valence-electron chi connectivity index (χ0n) is 14.5. The Bertz CT molecular complexity index is 1000. The summed E-state index contributed by atoms with van der Waals surface area (Å²) in [6.07, 6.45) is -1.46. The molecular formula is C20H16F3N3O. The smallest absolute Gasteiger partial charge is 0.395 e. The van der Waals surface area contributed by atoms with Crippen molar-refractivity contribution in [1.82, 2.24) is 4.98 Å². The van der Waals surface area contributed by atoms with Crippen LogP contribution in [0, 0.1) is 17.8 Å². The maximum atomic E-state index is 13.7.